The second-order valence-electron chi connectivity index (χ2n) is 8.63. The van der Waals surface area contributed by atoms with Crippen molar-refractivity contribution in [2.24, 2.45) is 11.8 Å². The van der Waals surface area contributed by atoms with Crippen LogP contribution in [0.2, 0.25) is 0 Å². The summed E-state index contributed by atoms with van der Waals surface area (Å²) in [5.74, 6) is 1.35. The molecule has 0 heterocycles. The molecule has 0 aromatic carbocycles. The van der Waals surface area contributed by atoms with E-state index in [4.69, 9.17) is 13.3 Å². The molecule has 0 aromatic heterocycles. The minimum absolute atomic E-state index is 0.0541. The van der Waals surface area contributed by atoms with Gasteiger partial charge in [0.2, 0.25) is 0 Å². The Kier molecular flexibility index (Phi) is 8.25. The molecule has 3 nitrogen and oxygen atoms in total. The zero-order valence-corrected chi connectivity index (χ0v) is 17.8. The van der Waals surface area contributed by atoms with Crippen LogP contribution in [0.5, 0.6) is 0 Å². The minimum atomic E-state index is -2.12. The fraction of sp³-hybridized carbons (Fsp3) is 1.00. The lowest BCUT2D eigenvalue weighted by atomic mass is 9.67. The fourth-order valence-electron chi connectivity index (χ4n) is 4.62. The number of hydrogen-bond donors (Lipinski definition) is 0. The van der Waals surface area contributed by atoms with E-state index in [-0.39, 0.29) is 17.8 Å². The van der Waals surface area contributed by atoms with Gasteiger partial charge in [-0.3, -0.25) is 0 Å². The Labute approximate surface area is 151 Å². The normalized spacial score (nSPS) is 22.0. The summed E-state index contributed by atoms with van der Waals surface area (Å²) in [6.07, 6.45) is 13.8. The van der Waals surface area contributed by atoms with E-state index >= 15 is 0 Å². The lowest BCUT2D eigenvalue weighted by Crippen LogP contribution is -2.52. The Balaban J connectivity index is 2.15. The lowest BCUT2D eigenvalue weighted by Gasteiger charge is -2.48. The summed E-state index contributed by atoms with van der Waals surface area (Å²) < 4.78 is 19.1. The van der Waals surface area contributed by atoms with Gasteiger partial charge in [-0.2, -0.15) is 0 Å². The molecule has 0 unspecified atom stereocenters. The zero-order valence-electron chi connectivity index (χ0n) is 16.7. The van der Waals surface area contributed by atoms with Crippen LogP contribution in [0.3, 0.4) is 0 Å². The summed E-state index contributed by atoms with van der Waals surface area (Å²) in [6.45, 7) is 10.8. The van der Waals surface area contributed by atoms with Crippen LogP contribution < -0.4 is 0 Å². The third-order valence-corrected chi connectivity index (χ3v) is 8.18. The maximum absolute atomic E-state index is 6.83. The molecule has 2 aliphatic rings. The van der Waals surface area contributed by atoms with Crippen LogP contribution in [0.4, 0.5) is 0 Å². The standard InChI is InChI=1S/C20H40O3Si/c1-16(2)21-24(22-17(3)4)23-20(5,18-12-8-6-9-13-18)19-14-10-7-11-15-19/h16-19,24H,6-15H2,1-5H3. The third kappa shape index (κ3) is 5.82. The molecule has 24 heavy (non-hydrogen) atoms. The molecule has 2 fully saturated rings. The highest BCUT2D eigenvalue weighted by molar-refractivity contribution is 6.36. The molecule has 2 rings (SSSR count). The molecule has 4 heteroatoms. The highest BCUT2D eigenvalue weighted by Crippen LogP contribution is 2.45. The van der Waals surface area contributed by atoms with Crippen molar-refractivity contribution in [2.75, 3.05) is 0 Å². The van der Waals surface area contributed by atoms with E-state index in [1.165, 1.54) is 64.2 Å². The Hall–Kier alpha value is 0.0969. The summed E-state index contributed by atoms with van der Waals surface area (Å²) in [7, 11) is -2.12. The molecular formula is C20H40O3Si. The van der Waals surface area contributed by atoms with E-state index in [0.29, 0.717) is 11.8 Å². The van der Waals surface area contributed by atoms with Crippen molar-refractivity contribution in [1.29, 1.82) is 0 Å². The van der Waals surface area contributed by atoms with Crippen molar-refractivity contribution in [1.82, 2.24) is 0 Å². The predicted molar refractivity (Wildman–Crippen MR) is 102 cm³/mol. The van der Waals surface area contributed by atoms with Crippen molar-refractivity contribution < 1.29 is 13.3 Å². The molecule has 0 aliphatic heterocycles. The maximum Gasteiger partial charge on any atom is 0.485 e. The first kappa shape index (κ1) is 20.4. The highest BCUT2D eigenvalue weighted by Gasteiger charge is 2.45. The molecule has 2 saturated carbocycles. The van der Waals surface area contributed by atoms with Crippen LogP contribution in [0.15, 0.2) is 0 Å². The van der Waals surface area contributed by atoms with Gasteiger partial charge in [-0.1, -0.05) is 38.5 Å². The maximum atomic E-state index is 6.83. The molecule has 0 aromatic rings. The van der Waals surface area contributed by atoms with Crippen molar-refractivity contribution in [3.05, 3.63) is 0 Å². The van der Waals surface area contributed by atoms with Gasteiger partial charge in [-0.25, -0.2) is 0 Å². The van der Waals surface area contributed by atoms with Crippen LogP contribution in [0, 0.1) is 11.8 Å². The molecule has 2 aliphatic carbocycles. The summed E-state index contributed by atoms with van der Waals surface area (Å²) >= 11 is 0. The first-order chi connectivity index (χ1) is 11.4. The Bertz CT molecular complexity index is 319. The van der Waals surface area contributed by atoms with Gasteiger partial charge in [0.1, 0.15) is 0 Å². The van der Waals surface area contributed by atoms with Gasteiger partial charge in [-0.05, 0) is 72.1 Å². The SMILES string of the molecule is CC(C)O[SiH](OC(C)C)OC(C)(C1CCCCC1)C1CCCCC1. The van der Waals surface area contributed by atoms with Crippen LogP contribution in [0.25, 0.3) is 0 Å². The van der Waals surface area contributed by atoms with Crippen LogP contribution in [0.1, 0.15) is 98.8 Å². The van der Waals surface area contributed by atoms with Gasteiger partial charge in [0, 0.05) is 12.2 Å². The summed E-state index contributed by atoms with van der Waals surface area (Å²) in [4.78, 5) is 0. The van der Waals surface area contributed by atoms with E-state index in [1.807, 2.05) is 0 Å². The van der Waals surface area contributed by atoms with Crippen LogP contribution in [-0.4, -0.2) is 27.3 Å². The van der Waals surface area contributed by atoms with Crippen molar-refractivity contribution in [3.8, 4) is 0 Å². The van der Waals surface area contributed by atoms with Crippen molar-refractivity contribution in [3.63, 3.8) is 0 Å². The third-order valence-electron chi connectivity index (χ3n) is 5.95. The summed E-state index contributed by atoms with van der Waals surface area (Å²) in [6, 6.07) is 0. The Morgan fingerprint density at radius 3 is 1.42 bits per heavy atom. The molecule has 142 valence electrons. The topological polar surface area (TPSA) is 27.7 Å². The first-order valence-electron chi connectivity index (χ1n) is 10.4. The van der Waals surface area contributed by atoms with E-state index in [1.54, 1.807) is 0 Å². The smallest absolute Gasteiger partial charge is 0.373 e. The van der Waals surface area contributed by atoms with Crippen LogP contribution >= 0.6 is 0 Å². The quantitative estimate of drug-likeness (QED) is 0.538. The Morgan fingerprint density at radius 1 is 0.708 bits per heavy atom. The summed E-state index contributed by atoms with van der Waals surface area (Å²) in [5, 5.41) is 0. The number of rotatable bonds is 8. The Morgan fingerprint density at radius 2 is 1.08 bits per heavy atom. The molecule has 0 N–H and O–H groups in total. The van der Waals surface area contributed by atoms with Gasteiger partial charge in [0.15, 0.2) is 0 Å². The first-order valence-corrected chi connectivity index (χ1v) is 11.8. The van der Waals surface area contributed by atoms with Gasteiger partial charge in [0.05, 0.1) is 5.60 Å². The van der Waals surface area contributed by atoms with Crippen LogP contribution in [-0.2, 0) is 13.3 Å². The minimum Gasteiger partial charge on any atom is -0.373 e. The monoisotopic (exact) mass is 356 g/mol. The second-order valence-corrected chi connectivity index (χ2v) is 9.99. The second kappa shape index (κ2) is 9.70. The van der Waals surface area contributed by atoms with Gasteiger partial charge < -0.3 is 13.3 Å². The average Bonchev–Trinajstić information content (AvgIpc) is 2.55. The average molecular weight is 357 g/mol. The summed E-state index contributed by atoms with van der Waals surface area (Å²) in [5.41, 5.74) is -0.0541. The van der Waals surface area contributed by atoms with Gasteiger partial charge >= 0.3 is 9.53 Å². The predicted octanol–water partition coefficient (Wildman–Crippen LogP) is 5.49. The van der Waals surface area contributed by atoms with E-state index in [2.05, 4.69) is 34.6 Å². The molecule has 0 radical (unpaired) electrons. The number of hydrogen-bond acceptors (Lipinski definition) is 3. The van der Waals surface area contributed by atoms with E-state index < -0.39 is 9.53 Å². The van der Waals surface area contributed by atoms with E-state index in [9.17, 15) is 0 Å². The molecule has 0 saturated heterocycles. The molecule has 0 atom stereocenters. The fourth-order valence-corrected chi connectivity index (χ4v) is 6.48. The van der Waals surface area contributed by atoms with Crippen molar-refractivity contribution >= 4 is 9.53 Å². The lowest BCUT2D eigenvalue weighted by molar-refractivity contribution is -0.100. The largest absolute Gasteiger partial charge is 0.485 e. The molecular weight excluding hydrogens is 316 g/mol. The zero-order chi connectivity index (χ0) is 17.6. The van der Waals surface area contributed by atoms with Gasteiger partial charge in [-0.15, -0.1) is 0 Å². The van der Waals surface area contributed by atoms with E-state index in [0.717, 1.165) is 0 Å². The van der Waals surface area contributed by atoms with Crippen molar-refractivity contribution in [2.45, 2.75) is 117 Å². The van der Waals surface area contributed by atoms with Gasteiger partial charge in [0.25, 0.3) is 0 Å². The highest BCUT2D eigenvalue weighted by atomic mass is 28.3. The molecule has 0 amide bonds. The molecule has 0 spiro atoms. The molecule has 0 bridgehead atoms.